The third kappa shape index (κ3) is 3.41. The summed E-state index contributed by atoms with van der Waals surface area (Å²) < 4.78 is 44.0. The van der Waals surface area contributed by atoms with Crippen molar-refractivity contribution in [3.63, 3.8) is 0 Å². The van der Waals surface area contributed by atoms with Gasteiger partial charge in [-0.25, -0.2) is 4.98 Å². The maximum atomic E-state index is 12.9. The average Bonchev–Trinajstić information content (AvgIpc) is 2.28. The molecule has 3 nitrogen and oxygen atoms in total. The van der Waals surface area contributed by atoms with Crippen LogP contribution in [0.2, 0.25) is 0 Å². The average molecular weight is 348 g/mol. The Balaban J connectivity index is 2.43. The molecule has 106 valence electrons. The number of phenolic OH excluding ortho intramolecular Hbond substituents is 1. The van der Waals surface area contributed by atoms with E-state index in [1.165, 1.54) is 24.4 Å². The van der Waals surface area contributed by atoms with E-state index in [0.29, 0.717) is 5.56 Å². The Hall–Kier alpha value is -1.76. The molecule has 0 aliphatic heterocycles. The molecule has 1 N–H and O–H groups in total. The SMILES string of the molecule is Cc1cc(O)cc(Oc2ncc(Br)cc2C(F)(F)F)c1. The Bertz CT molecular complexity index is 624. The molecular formula is C13H9BrF3NO2. The molecule has 2 aromatic rings. The van der Waals surface area contributed by atoms with Crippen molar-refractivity contribution in [3.8, 4) is 17.4 Å². The molecule has 0 unspecified atom stereocenters. The summed E-state index contributed by atoms with van der Waals surface area (Å²) >= 11 is 2.94. The van der Waals surface area contributed by atoms with Crippen molar-refractivity contribution in [1.82, 2.24) is 4.98 Å². The fourth-order valence-corrected chi connectivity index (χ4v) is 1.94. The summed E-state index contributed by atoms with van der Waals surface area (Å²) in [5.41, 5.74) is -0.335. The van der Waals surface area contributed by atoms with E-state index >= 15 is 0 Å². The van der Waals surface area contributed by atoms with Crippen molar-refractivity contribution in [2.45, 2.75) is 13.1 Å². The van der Waals surface area contributed by atoms with Crippen molar-refractivity contribution in [2.75, 3.05) is 0 Å². The van der Waals surface area contributed by atoms with Crippen LogP contribution in [0.1, 0.15) is 11.1 Å². The van der Waals surface area contributed by atoms with Gasteiger partial charge in [-0.1, -0.05) is 0 Å². The first-order valence-corrected chi connectivity index (χ1v) is 6.26. The van der Waals surface area contributed by atoms with Gasteiger partial charge in [0.25, 0.3) is 0 Å². The van der Waals surface area contributed by atoms with Gasteiger partial charge in [0.05, 0.1) is 0 Å². The van der Waals surface area contributed by atoms with Crippen molar-refractivity contribution >= 4 is 15.9 Å². The van der Waals surface area contributed by atoms with E-state index in [1.54, 1.807) is 6.92 Å². The highest BCUT2D eigenvalue weighted by molar-refractivity contribution is 9.10. The van der Waals surface area contributed by atoms with Crippen LogP contribution in [0.25, 0.3) is 0 Å². The molecule has 0 aliphatic rings. The van der Waals surface area contributed by atoms with E-state index in [0.717, 1.165) is 6.07 Å². The number of hydrogen-bond donors (Lipinski definition) is 1. The van der Waals surface area contributed by atoms with Crippen LogP contribution in [0, 0.1) is 6.92 Å². The van der Waals surface area contributed by atoms with E-state index < -0.39 is 17.6 Å². The zero-order valence-electron chi connectivity index (χ0n) is 10.2. The molecule has 0 bridgehead atoms. The molecule has 0 saturated carbocycles. The number of aryl methyl sites for hydroxylation is 1. The van der Waals surface area contributed by atoms with Gasteiger partial charge in [0.1, 0.15) is 17.1 Å². The monoisotopic (exact) mass is 347 g/mol. The first-order valence-electron chi connectivity index (χ1n) is 5.47. The van der Waals surface area contributed by atoms with Crippen LogP contribution in [0.3, 0.4) is 0 Å². The molecule has 0 spiro atoms. The predicted molar refractivity (Wildman–Crippen MR) is 69.9 cm³/mol. The minimum Gasteiger partial charge on any atom is -0.508 e. The number of hydrogen-bond acceptors (Lipinski definition) is 3. The summed E-state index contributed by atoms with van der Waals surface area (Å²) in [6.07, 6.45) is -3.38. The van der Waals surface area contributed by atoms with Crippen LogP contribution in [-0.4, -0.2) is 10.1 Å². The zero-order valence-corrected chi connectivity index (χ0v) is 11.8. The minimum atomic E-state index is -4.59. The molecule has 1 aromatic carbocycles. The Morgan fingerprint density at radius 3 is 2.50 bits per heavy atom. The lowest BCUT2D eigenvalue weighted by molar-refractivity contribution is -0.138. The third-order valence-corrected chi connectivity index (χ3v) is 2.81. The summed E-state index contributed by atoms with van der Waals surface area (Å²) in [7, 11) is 0. The van der Waals surface area contributed by atoms with Crippen molar-refractivity contribution in [2.24, 2.45) is 0 Å². The van der Waals surface area contributed by atoms with Gasteiger partial charge in [-0.05, 0) is 46.6 Å². The second-order valence-corrected chi connectivity index (χ2v) is 5.03. The van der Waals surface area contributed by atoms with Crippen LogP contribution in [-0.2, 0) is 6.18 Å². The van der Waals surface area contributed by atoms with Crippen molar-refractivity contribution in [3.05, 3.63) is 46.1 Å². The lowest BCUT2D eigenvalue weighted by atomic mass is 10.2. The lowest BCUT2D eigenvalue weighted by Gasteiger charge is -2.13. The number of aromatic hydroxyl groups is 1. The largest absolute Gasteiger partial charge is 0.508 e. The Kier molecular flexibility index (Phi) is 3.89. The molecule has 7 heteroatoms. The topological polar surface area (TPSA) is 42.4 Å². The smallest absolute Gasteiger partial charge is 0.421 e. The van der Waals surface area contributed by atoms with Gasteiger partial charge >= 0.3 is 6.18 Å². The van der Waals surface area contributed by atoms with Crippen molar-refractivity contribution < 1.29 is 23.0 Å². The van der Waals surface area contributed by atoms with E-state index in [4.69, 9.17) is 4.74 Å². The van der Waals surface area contributed by atoms with Crippen LogP contribution in [0.5, 0.6) is 17.4 Å². The summed E-state index contributed by atoms with van der Waals surface area (Å²) in [5, 5.41) is 9.42. The van der Waals surface area contributed by atoms with Crippen LogP contribution < -0.4 is 4.74 Å². The molecule has 0 amide bonds. The standard InChI is InChI=1S/C13H9BrF3NO2/c1-7-2-9(19)5-10(3-7)20-12-11(13(15,16)17)4-8(14)6-18-12/h2-6,19H,1H3. The Morgan fingerprint density at radius 1 is 1.20 bits per heavy atom. The maximum absolute atomic E-state index is 12.9. The summed E-state index contributed by atoms with van der Waals surface area (Å²) in [4.78, 5) is 3.63. The molecule has 1 heterocycles. The number of ether oxygens (including phenoxy) is 1. The number of benzene rings is 1. The minimum absolute atomic E-state index is 0.0859. The van der Waals surface area contributed by atoms with E-state index in [1.807, 2.05) is 0 Å². The molecule has 0 saturated heterocycles. The Labute approximate surface area is 121 Å². The Morgan fingerprint density at radius 2 is 1.90 bits per heavy atom. The van der Waals surface area contributed by atoms with Gasteiger partial charge in [0, 0.05) is 16.7 Å². The number of rotatable bonds is 2. The fraction of sp³-hybridized carbons (Fsp3) is 0.154. The fourth-order valence-electron chi connectivity index (χ4n) is 1.61. The summed E-state index contributed by atoms with van der Waals surface area (Å²) in [5.74, 6) is -0.570. The van der Waals surface area contributed by atoms with Crippen LogP contribution in [0.15, 0.2) is 34.9 Å². The van der Waals surface area contributed by atoms with E-state index in [2.05, 4.69) is 20.9 Å². The lowest BCUT2D eigenvalue weighted by Crippen LogP contribution is -2.08. The molecule has 20 heavy (non-hydrogen) atoms. The predicted octanol–water partition coefficient (Wildman–Crippen LogP) is 4.67. The highest BCUT2D eigenvalue weighted by Crippen LogP contribution is 2.38. The first kappa shape index (κ1) is 14.6. The van der Waals surface area contributed by atoms with Crippen LogP contribution >= 0.6 is 15.9 Å². The molecule has 0 fully saturated rings. The number of pyridine rings is 1. The summed E-state index contributed by atoms with van der Waals surface area (Å²) in [6, 6.07) is 5.07. The zero-order chi connectivity index (χ0) is 14.9. The molecule has 1 aromatic heterocycles. The van der Waals surface area contributed by atoms with Gasteiger partial charge in [-0.2, -0.15) is 13.2 Å². The normalized spacial score (nSPS) is 11.4. The number of phenols is 1. The third-order valence-electron chi connectivity index (χ3n) is 2.37. The van der Waals surface area contributed by atoms with E-state index in [-0.39, 0.29) is 16.0 Å². The second-order valence-electron chi connectivity index (χ2n) is 4.11. The van der Waals surface area contributed by atoms with Gasteiger partial charge in [0.15, 0.2) is 0 Å². The highest BCUT2D eigenvalue weighted by Gasteiger charge is 2.35. The number of nitrogens with zero attached hydrogens (tertiary/aromatic N) is 1. The number of alkyl halides is 3. The van der Waals surface area contributed by atoms with E-state index in [9.17, 15) is 18.3 Å². The van der Waals surface area contributed by atoms with Crippen molar-refractivity contribution in [1.29, 1.82) is 0 Å². The molecule has 0 atom stereocenters. The summed E-state index contributed by atoms with van der Waals surface area (Å²) in [6.45, 7) is 1.69. The molecule has 2 rings (SSSR count). The molecular weight excluding hydrogens is 339 g/mol. The maximum Gasteiger partial charge on any atom is 0.421 e. The van der Waals surface area contributed by atoms with Gasteiger partial charge in [-0.3, -0.25) is 0 Å². The number of aromatic nitrogens is 1. The van der Waals surface area contributed by atoms with Crippen LogP contribution in [0.4, 0.5) is 13.2 Å². The molecule has 0 radical (unpaired) electrons. The highest BCUT2D eigenvalue weighted by atomic mass is 79.9. The quantitative estimate of drug-likeness (QED) is 0.858. The first-order chi connectivity index (χ1) is 9.25. The van der Waals surface area contributed by atoms with Gasteiger partial charge in [-0.15, -0.1) is 0 Å². The second kappa shape index (κ2) is 5.32. The van der Waals surface area contributed by atoms with Gasteiger partial charge < -0.3 is 9.84 Å². The number of halogens is 4. The van der Waals surface area contributed by atoms with Gasteiger partial charge in [0.2, 0.25) is 5.88 Å². The molecule has 0 aliphatic carbocycles.